The molecule has 0 saturated heterocycles. The van der Waals surface area contributed by atoms with E-state index in [-0.39, 0.29) is 5.56 Å². The fourth-order valence-electron chi connectivity index (χ4n) is 2.29. The summed E-state index contributed by atoms with van der Waals surface area (Å²) in [6.07, 6.45) is 0. The van der Waals surface area contributed by atoms with Gasteiger partial charge in [-0.2, -0.15) is 0 Å². The summed E-state index contributed by atoms with van der Waals surface area (Å²) in [4.78, 5) is 15.7. The zero-order valence-electron chi connectivity index (χ0n) is 11.3. The maximum Gasteiger partial charge on any atom is 0.341 e. The van der Waals surface area contributed by atoms with Crippen molar-refractivity contribution < 1.29 is 14.4 Å². The van der Waals surface area contributed by atoms with E-state index in [4.69, 9.17) is 4.52 Å². The van der Waals surface area contributed by atoms with Gasteiger partial charge in [0.15, 0.2) is 0 Å². The van der Waals surface area contributed by atoms with Gasteiger partial charge in [-0.3, -0.25) is 0 Å². The largest absolute Gasteiger partial charge is 0.477 e. The first-order chi connectivity index (χ1) is 9.49. The highest BCUT2D eigenvalue weighted by Crippen LogP contribution is 2.28. The monoisotopic (exact) mass is 271 g/mol. The molecule has 2 aromatic heterocycles. The number of aryl methyl sites for hydroxylation is 3. The first-order valence-electron chi connectivity index (χ1n) is 6.12. The van der Waals surface area contributed by atoms with Crippen molar-refractivity contribution in [1.82, 2.24) is 14.7 Å². The van der Waals surface area contributed by atoms with E-state index in [1.54, 1.807) is 6.92 Å². The van der Waals surface area contributed by atoms with Crippen molar-refractivity contribution in [3.05, 3.63) is 35.3 Å². The molecule has 0 atom stereocenters. The standard InChI is InChI=1S/C14H13N3O3/c1-7-12(14(18)19)13(16-20-7)9-4-5-11-10(6-9)15-8(2)17(11)3/h4-6H,1-3H3,(H,18,19). The molecule has 6 nitrogen and oxygen atoms in total. The normalized spacial score (nSPS) is 11.2. The number of fused-ring (bicyclic) bond motifs is 1. The van der Waals surface area contributed by atoms with E-state index in [0.717, 1.165) is 16.9 Å². The fraction of sp³-hybridized carbons (Fsp3) is 0.214. The second-order valence-corrected chi connectivity index (χ2v) is 4.69. The molecule has 0 aliphatic rings. The molecule has 0 bridgehead atoms. The van der Waals surface area contributed by atoms with Crippen LogP contribution in [0.4, 0.5) is 0 Å². The van der Waals surface area contributed by atoms with Crippen LogP contribution < -0.4 is 0 Å². The second-order valence-electron chi connectivity index (χ2n) is 4.69. The molecule has 3 aromatic rings. The van der Waals surface area contributed by atoms with Crippen LogP contribution in [-0.4, -0.2) is 25.8 Å². The van der Waals surface area contributed by atoms with Crippen molar-refractivity contribution >= 4 is 17.0 Å². The van der Waals surface area contributed by atoms with Crippen LogP contribution in [0.25, 0.3) is 22.3 Å². The fourth-order valence-corrected chi connectivity index (χ4v) is 2.29. The Kier molecular flexibility index (Phi) is 2.60. The zero-order chi connectivity index (χ0) is 14.4. The highest BCUT2D eigenvalue weighted by molar-refractivity contribution is 5.96. The summed E-state index contributed by atoms with van der Waals surface area (Å²) in [7, 11) is 1.94. The van der Waals surface area contributed by atoms with Crippen LogP contribution >= 0.6 is 0 Å². The Morgan fingerprint density at radius 3 is 2.80 bits per heavy atom. The van der Waals surface area contributed by atoms with Gasteiger partial charge in [0.05, 0.1) is 11.0 Å². The second kappa shape index (κ2) is 4.19. The van der Waals surface area contributed by atoms with Crippen molar-refractivity contribution in [1.29, 1.82) is 0 Å². The van der Waals surface area contributed by atoms with Gasteiger partial charge in [0.1, 0.15) is 22.8 Å². The lowest BCUT2D eigenvalue weighted by molar-refractivity contribution is 0.0696. The molecule has 2 heterocycles. The van der Waals surface area contributed by atoms with E-state index in [2.05, 4.69) is 10.1 Å². The van der Waals surface area contributed by atoms with Crippen LogP contribution in [0, 0.1) is 13.8 Å². The van der Waals surface area contributed by atoms with E-state index in [1.165, 1.54) is 0 Å². The highest BCUT2D eigenvalue weighted by atomic mass is 16.5. The number of carboxylic acids is 1. The van der Waals surface area contributed by atoms with E-state index in [9.17, 15) is 9.90 Å². The molecule has 3 rings (SSSR count). The minimum atomic E-state index is -1.05. The van der Waals surface area contributed by atoms with Crippen molar-refractivity contribution in [2.75, 3.05) is 0 Å². The van der Waals surface area contributed by atoms with Crippen LogP contribution in [0.1, 0.15) is 21.9 Å². The Bertz CT molecular complexity index is 830. The lowest BCUT2D eigenvalue weighted by Gasteiger charge is -2.00. The van der Waals surface area contributed by atoms with Gasteiger partial charge >= 0.3 is 5.97 Å². The number of aromatic nitrogens is 3. The number of benzene rings is 1. The number of rotatable bonds is 2. The molecule has 0 radical (unpaired) electrons. The minimum Gasteiger partial charge on any atom is -0.477 e. The van der Waals surface area contributed by atoms with Crippen LogP contribution in [-0.2, 0) is 7.05 Å². The van der Waals surface area contributed by atoms with Crippen LogP contribution in [0.5, 0.6) is 0 Å². The summed E-state index contributed by atoms with van der Waals surface area (Å²) in [5.74, 6) is 0.146. The molecule has 0 amide bonds. The Balaban J connectivity index is 2.23. The summed E-state index contributed by atoms with van der Waals surface area (Å²) < 4.78 is 6.97. The average molecular weight is 271 g/mol. The van der Waals surface area contributed by atoms with E-state index in [0.29, 0.717) is 17.0 Å². The third-order valence-corrected chi connectivity index (χ3v) is 3.45. The van der Waals surface area contributed by atoms with Crippen LogP contribution in [0.15, 0.2) is 22.7 Å². The molecule has 0 aliphatic heterocycles. The van der Waals surface area contributed by atoms with Gasteiger partial charge in [-0.1, -0.05) is 11.2 Å². The van der Waals surface area contributed by atoms with Gasteiger partial charge in [0, 0.05) is 12.6 Å². The van der Waals surface area contributed by atoms with Gasteiger partial charge in [0.2, 0.25) is 0 Å². The van der Waals surface area contributed by atoms with E-state index >= 15 is 0 Å². The van der Waals surface area contributed by atoms with Gasteiger partial charge in [-0.15, -0.1) is 0 Å². The average Bonchev–Trinajstić information content (AvgIpc) is 2.91. The molecule has 1 N–H and O–H groups in total. The lowest BCUT2D eigenvalue weighted by Crippen LogP contribution is -1.99. The Morgan fingerprint density at radius 2 is 2.10 bits per heavy atom. The summed E-state index contributed by atoms with van der Waals surface area (Å²) >= 11 is 0. The number of carbonyl (C=O) groups is 1. The summed E-state index contributed by atoms with van der Waals surface area (Å²) in [5, 5.41) is 13.1. The predicted octanol–water partition coefficient (Wildman–Crippen LogP) is 2.54. The molecule has 1 aromatic carbocycles. The topological polar surface area (TPSA) is 81.2 Å². The number of nitrogens with zero attached hydrogens (tertiary/aromatic N) is 3. The predicted molar refractivity (Wildman–Crippen MR) is 72.6 cm³/mol. The molecular weight excluding hydrogens is 258 g/mol. The van der Waals surface area contributed by atoms with Gasteiger partial charge in [-0.05, 0) is 26.0 Å². The Morgan fingerprint density at radius 1 is 1.35 bits per heavy atom. The van der Waals surface area contributed by atoms with Crippen molar-refractivity contribution in [3.8, 4) is 11.3 Å². The number of aromatic carboxylic acids is 1. The molecule has 0 aliphatic carbocycles. The molecule has 102 valence electrons. The number of hydrogen-bond acceptors (Lipinski definition) is 4. The quantitative estimate of drug-likeness (QED) is 0.774. The summed E-state index contributed by atoms with van der Waals surface area (Å²) in [5.41, 5.74) is 2.91. The first kappa shape index (κ1) is 12.4. The van der Waals surface area contributed by atoms with Crippen molar-refractivity contribution in [2.45, 2.75) is 13.8 Å². The first-order valence-corrected chi connectivity index (χ1v) is 6.12. The van der Waals surface area contributed by atoms with Crippen LogP contribution in [0.2, 0.25) is 0 Å². The SMILES string of the molecule is Cc1onc(-c2ccc3c(c2)nc(C)n3C)c1C(=O)O. The van der Waals surface area contributed by atoms with E-state index in [1.807, 2.05) is 36.7 Å². The highest BCUT2D eigenvalue weighted by Gasteiger charge is 2.21. The maximum absolute atomic E-state index is 11.3. The third kappa shape index (κ3) is 1.69. The molecule has 0 unspecified atom stereocenters. The summed E-state index contributed by atoms with van der Waals surface area (Å²) in [6, 6.07) is 5.56. The lowest BCUT2D eigenvalue weighted by atomic mass is 10.1. The van der Waals surface area contributed by atoms with Gasteiger partial charge in [0.25, 0.3) is 0 Å². The van der Waals surface area contributed by atoms with E-state index < -0.39 is 5.97 Å². The number of imidazole rings is 1. The molecule has 6 heteroatoms. The number of carboxylic acid groups (broad SMARTS) is 1. The smallest absolute Gasteiger partial charge is 0.341 e. The zero-order valence-corrected chi connectivity index (χ0v) is 11.3. The number of hydrogen-bond donors (Lipinski definition) is 1. The molecule has 0 saturated carbocycles. The third-order valence-electron chi connectivity index (χ3n) is 3.45. The maximum atomic E-state index is 11.3. The Hall–Kier alpha value is -2.63. The van der Waals surface area contributed by atoms with Gasteiger partial charge in [-0.25, -0.2) is 9.78 Å². The van der Waals surface area contributed by atoms with Crippen molar-refractivity contribution in [3.63, 3.8) is 0 Å². The Labute approximate surface area is 114 Å². The molecule has 20 heavy (non-hydrogen) atoms. The molecule has 0 spiro atoms. The van der Waals surface area contributed by atoms with Crippen LogP contribution in [0.3, 0.4) is 0 Å². The van der Waals surface area contributed by atoms with Gasteiger partial charge < -0.3 is 14.2 Å². The van der Waals surface area contributed by atoms with Crippen molar-refractivity contribution in [2.24, 2.45) is 7.05 Å². The molecule has 0 fully saturated rings. The molecular formula is C14H13N3O3. The minimum absolute atomic E-state index is 0.0944. The summed E-state index contributed by atoms with van der Waals surface area (Å²) in [6.45, 7) is 3.51.